The first-order chi connectivity index (χ1) is 20.4. The predicted molar refractivity (Wildman–Crippen MR) is 164 cm³/mol. The summed E-state index contributed by atoms with van der Waals surface area (Å²) in [5.74, 6) is -2.04. The number of aliphatic hydroxyl groups excluding tert-OH is 1. The van der Waals surface area contributed by atoms with Crippen LogP contribution in [0.1, 0.15) is 50.2 Å². The Bertz CT molecular complexity index is 1090. The number of allylic oxidation sites excluding steroid dienone is 2. The van der Waals surface area contributed by atoms with E-state index in [4.69, 9.17) is 9.47 Å². The number of benzene rings is 2. The highest BCUT2D eigenvalue weighted by Crippen LogP contribution is 2.18. The number of carbonyl (C=O) groups is 3. The molecule has 0 aromatic heterocycles. The lowest BCUT2D eigenvalue weighted by Crippen LogP contribution is -2.46. The maximum Gasteiger partial charge on any atom is 0.309 e. The highest BCUT2D eigenvalue weighted by Gasteiger charge is 2.26. The molecule has 2 rings (SSSR count). The number of aliphatic hydroxyl groups is 1. The molecule has 0 aliphatic heterocycles. The van der Waals surface area contributed by atoms with Crippen LogP contribution in [0.15, 0.2) is 86.0 Å². The molecule has 2 aromatic rings. The number of hydrogen-bond acceptors (Lipinski definition) is 6. The molecule has 0 saturated heterocycles. The van der Waals surface area contributed by atoms with Crippen LogP contribution in [0.5, 0.6) is 0 Å². The van der Waals surface area contributed by atoms with Crippen molar-refractivity contribution in [2.75, 3.05) is 19.8 Å². The zero-order chi connectivity index (χ0) is 30.6. The third kappa shape index (κ3) is 13.7. The first-order valence-electron chi connectivity index (χ1n) is 14.6. The van der Waals surface area contributed by atoms with Crippen molar-refractivity contribution in [3.63, 3.8) is 0 Å². The summed E-state index contributed by atoms with van der Waals surface area (Å²) in [6, 6.07) is 18.4. The molecular weight excluding hydrogens is 532 g/mol. The Balaban J connectivity index is 2.09. The summed E-state index contributed by atoms with van der Waals surface area (Å²) in [5, 5.41) is 14.8. The molecule has 0 heterocycles. The van der Waals surface area contributed by atoms with Crippen molar-refractivity contribution in [1.29, 1.82) is 0 Å². The molecule has 8 nitrogen and oxygen atoms in total. The van der Waals surface area contributed by atoms with Crippen LogP contribution < -0.4 is 10.6 Å². The summed E-state index contributed by atoms with van der Waals surface area (Å²) >= 11 is 0. The molecule has 2 amide bonds. The summed E-state index contributed by atoms with van der Waals surface area (Å²) in [6.45, 7) is 9.35. The first-order valence-corrected chi connectivity index (χ1v) is 14.6. The van der Waals surface area contributed by atoms with Gasteiger partial charge in [0.15, 0.2) is 0 Å². The molecule has 228 valence electrons. The van der Waals surface area contributed by atoms with Crippen molar-refractivity contribution in [3.05, 3.63) is 97.1 Å². The Labute approximate surface area is 250 Å². The van der Waals surface area contributed by atoms with Crippen molar-refractivity contribution in [1.82, 2.24) is 10.6 Å². The minimum Gasteiger partial charge on any atom is -0.463 e. The summed E-state index contributed by atoms with van der Waals surface area (Å²) in [7, 11) is 0. The quantitative estimate of drug-likeness (QED) is 0.114. The van der Waals surface area contributed by atoms with Gasteiger partial charge in [0.05, 0.1) is 37.7 Å². The fraction of sp³-hybridized carbons (Fsp3) is 0.441. The third-order valence-corrected chi connectivity index (χ3v) is 6.76. The minimum atomic E-state index is -0.676. The van der Waals surface area contributed by atoms with Gasteiger partial charge in [0.25, 0.3) is 0 Å². The molecule has 4 atom stereocenters. The zero-order valence-electron chi connectivity index (χ0n) is 24.7. The van der Waals surface area contributed by atoms with Crippen LogP contribution in [0.25, 0.3) is 0 Å². The van der Waals surface area contributed by atoms with Crippen LogP contribution in [-0.2, 0) is 36.9 Å². The van der Waals surface area contributed by atoms with Crippen LogP contribution in [0, 0.1) is 11.8 Å². The Kier molecular flexibility index (Phi) is 16.6. The number of rotatable bonds is 21. The van der Waals surface area contributed by atoms with E-state index in [0.717, 1.165) is 24.0 Å². The van der Waals surface area contributed by atoms with Crippen LogP contribution in [0.2, 0.25) is 0 Å². The topological polar surface area (TPSA) is 114 Å². The van der Waals surface area contributed by atoms with Gasteiger partial charge in [-0.05, 0) is 50.2 Å². The molecule has 0 saturated carbocycles. The summed E-state index contributed by atoms with van der Waals surface area (Å²) in [6.07, 6.45) is 6.48. The molecule has 2 aromatic carbocycles. The molecule has 0 unspecified atom stereocenters. The summed E-state index contributed by atoms with van der Waals surface area (Å²) in [5.41, 5.74) is 2.03. The molecule has 0 aliphatic carbocycles. The molecule has 8 heteroatoms. The van der Waals surface area contributed by atoms with Gasteiger partial charge in [-0.2, -0.15) is 0 Å². The predicted octanol–water partition coefficient (Wildman–Crippen LogP) is 4.53. The van der Waals surface area contributed by atoms with Crippen molar-refractivity contribution in [2.45, 2.75) is 64.1 Å². The van der Waals surface area contributed by atoms with Crippen molar-refractivity contribution in [3.8, 4) is 0 Å². The summed E-state index contributed by atoms with van der Waals surface area (Å²) in [4.78, 5) is 38.9. The second kappa shape index (κ2) is 20.2. The van der Waals surface area contributed by atoms with Crippen molar-refractivity contribution < 1.29 is 29.0 Å². The number of nitrogens with one attached hydrogen (secondary N) is 2. The van der Waals surface area contributed by atoms with E-state index in [1.54, 1.807) is 13.0 Å². The standard InChI is InChI=1S/C34H46N2O6/c1-4-6-9-19-30(20-27-15-10-7-11-16-27)34(40)42-25-31(24-41-23-28-17-12-8-13-18-28)36-33(39)29(14-5-2)21-32(38)35-26(3)22-37/h4-5,7-8,10-13,15-18,26,29-31,37H,1-2,6,9,14,19-25H2,3H3,(H,35,38)(H,36,39)/t26-,29+,30-,31+/m1/s1. The average molecular weight is 579 g/mol. The van der Waals surface area contributed by atoms with Gasteiger partial charge in [0.2, 0.25) is 11.8 Å². The van der Waals surface area contributed by atoms with E-state index in [0.29, 0.717) is 19.4 Å². The van der Waals surface area contributed by atoms with Crippen molar-refractivity contribution in [2.24, 2.45) is 11.8 Å². The lowest BCUT2D eigenvalue weighted by atomic mass is 9.94. The number of carbonyl (C=O) groups excluding carboxylic acids is 3. The van der Waals surface area contributed by atoms with E-state index in [9.17, 15) is 19.5 Å². The first kappa shape index (κ1) is 34.5. The highest BCUT2D eigenvalue weighted by molar-refractivity contribution is 5.86. The second-order valence-electron chi connectivity index (χ2n) is 10.5. The lowest BCUT2D eigenvalue weighted by molar-refractivity contribution is -0.150. The van der Waals surface area contributed by atoms with Gasteiger partial charge in [0.1, 0.15) is 6.61 Å². The van der Waals surface area contributed by atoms with E-state index in [-0.39, 0.29) is 56.4 Å². The average Bonchev–Trinajstić information content (AvgIpc) is 2.99. The van der Waals surface area contributed by atoms with Crippen LogP contribution in [0.4, 0.5) is 0 Å². The normalized spacial score (nSPS) is 13.7. The molecule has 42 heavy (non-hydrogen) atoms. The monoisotopic (exact) mass is 578 g/mol. The fourth-order valence-corrected chi connectivity index (χ4v) is 4.44. The van der Waals surface area contributed by atoms with Gasteiger partial charge in [-0.1, -0.05) is 72.8 Å². The van der Waals surface area contributed by atoms with Crippen LogP contribution >= 0.6 is 0 Å². The van der Waals surface area contributed by atoms with E-state index in [1.807, 2.05) is 66.7 Å². The van der Waals surface area contributed by atoms with E-state index < -0.39 is 18.0 Å². The van der Waals surface area contributed by atoms with Crippen LogP contribution in [-0.4, -0.2) is 54.8 Å². The molecule has 0 spiro atoms. The second-order valence-corrected chi connectivity index (χ2v) is 10.5. The third-order valence-electron chi connectivity index (χ3n) is 6.76. The smallest absolute Gasteiger partial charge is 0.309 e. The molecule has 0 aliphatic rings. The molecular formula is C34H46N2O6. The Hall–Kier alpha value is -3.75. The fourth-order valence-electron chi connectivity index (χ4n) is 4.44. The van der Waals surface area contributed by atoms with E-state index in [1.165, 1.54) is 0 Å². The van der Waals surface area contributed by atoms with Gasteiger partial charge >= 0.3 is 5.97 Å². The minimum absolute atomic E-state index is 0.0674. The molecule has 0 fully saturated rings. The van der Waals surface area contributed by atoms with Gasteiger partial charge in [0, 0.05) is 12.5 Å². The number of ether oxygens (including phenoxy) is 2. The molecule has 3 N–H and O–H groups in total. The van der Waals surface area contributed by atoms with Crippen molar-refractivity contribution >= 4 is 17.8 Å². The van der Waals surface area contributed by atoms with Gasteiger partial charge in [-0.3, -0.25) is 14.4 Å². The van der Waals surface area contributed by atoms with E-state index in [2.05, 4.69) is 23.8 Å². The number of amides is 2. The van der Waals surface area contributed by atoms with Crippen LogP contribution in [0.3, 0.4) is 0 Å². The highest BCUT2D eigenvalue weighted by atomic mass is 16.5. The maximum absolute atomic E-state index is 13.3. The molecule has 0 radical (unpaired) electrons. The van der Waals surface area contributed by atoms with Gasteiger partial charge in [-0.15, -0.1) is 13.2 Å². The number of esters is 1. The number of unbranched alkanes of at least 4 members (excludes halogenated alkanes) is 1. The zero-order valence-corrected chi connectivity index (χ0v) is 24.7. The Morgan fingerprint density at radius 1 is 0.905 bits per heavy atom. The van der Waals surface area contributed by atoms with E-state index >= 15 is 0 Å². The summed E-state index contributed by atoms with van der Waals surface area (Å²) < 4.78 is 11.7. The Morgan fingerprint density at radius 2 is 1.57 bits per heavy atom. The lowest BCUT2D eigenvalue weighted by Gasteiger charge is -2.24. The van der Waals surface area contributed by atoms with Gasteiger partial charge in [-0.25, -0.2) is 0 Å². The number of hydrogen-bond donors (Lipinski definition) is 3. The largest absolute Gasteiger partial charge is 0.463 e. The SMILES string of the molecule is C=CCCC[C@H](Cc1ccccc1)C(=O)OC[C@H](COCc1ccccc1)NC(=O)[C@@H](CC=C)CC(=O)N[C@H](C)CO. The molecule has 0 bridgehead atoms. The Morgan fingerprint density at radius 3 is 2.19 bits per heavy atom. The van der Waals surface area contributed by atoms with Gasteiger partial charge < -0.3 is 25.2 Å². The maximum atomic E-state index is 13.3.